The third kappa shape index (κ3) is 3.73. The van der Waals surface area contributed by atoms with Crippen LogP contribution in [0.2, 0.25) is 0 Å². The first-order valence-electron chi connectivity index (χ1n) is 3.32. The van der Waals surface area contributed by atoms with E-state index in [2.05, 4.69) is 4.36 Å². The van der Waals surface area contributed by atoms with Gasteiger partial charge in [0.25, 0.3) is 0 Å². The number of hydrogen-bond donors (Lipinski definition) is 0. The minimum atomic E-state index is -5.04. The maximum Gasteiger partial charge on any atom is 0.371 e. The van der Waals surface area contributed by atoms with Gasteiger partial charge in [0.05, 0.1) is 5.69 Å². The number of thioether (sulfide) groups is 1. The Morgan fingerprint density at radius 1 is 1.46 bits per heavy atom. The van der Waals surface area contributed by atoms with Gasteiger partial charge in [0.15, 0.2) is 0 Å². The summed E-state index contributed by atoms with van der Waals surface area (Å²) in [6, 6.07) is 6.21. The summed E-state index contributed by atoms with van der Waals surface area (Å²) in [5, 5.41) is 0. The van der Waals surface area contributed by atoms with E-state index in [4.69, 9.17) is 0 Å². The van der Waals surface area contributed by atoms with Gasteiger partial charge in [-0.2, -0.15) is 4.21 Å². The molecule has 0 bridgehead atoms. The zero-order valence-corrected chi connectivity index (χ0v) is 8.37. The van der Waals surface area contributed by atoms with Crippen LogP contribution < -0.4 is 0 Å². The van der Waals surface area contributed by atoms with E-state index >= 15 is 0 Å². The molecule has 1 aromatic rings. The second kappa shape index (κ2) is 4.06. The minimum absolute atomic E-state index is 0.0434. The Morgan fingerprint density at radius 3 is 2.69 bits per heavy atom. The predicted molar refractivity (Wildman–Crippen MR) is 50.7 cm³/mol. The second-order valence-corrected chi connectivity index (χ2v) is 4.05. The third-order valence-corrected chi connectivity index (χ3v) is 2.41. The third-order valence-electron chi connectivity index (χ3n) is 1.27. The molecule has 72 valence electrons. The van der Waals surface area contributed by atoms with Gasteiger partial charge < -0.3 is 0 Å². The van der Waals surface area contributed by atoms with Crippen LogP contribution in [0, 0.1) is 0 Å². The SMILES string of the molecule is CSc1cccc(N=S(=O)(F)F)c1. The molecule has 0 fully saturated rings. The Labute approximate surface area is 80.1 Å². The first kappa shape index (κ1) is 10.5. The molecule has 0 N–H and O–H groups in total. The highest BCUT2D eigenvalue weighted by Crippen LogP contribution is 2.22. The van der Waals surface area contributed by atoms with E-state index in [1.165, 1.54) is 23.9 Å². The number of rotatable bonds is 2. The molecule has 13 heavy (non-hydrogen) atoms. The molecule has 0 atom stereocenters. The maximum absolute atomic E-state index is 12.0. The van der Waals surface area contributed by atoms with Crippen molar-refractivity contribution >= 4 is 28.0 Å². The van der Waals surface area contributed by atoms with Crippen LogP contribution in [-0.4, -0.2) is 10.5 Å². The van der Waals surface area contributed by atoms with Gasteiger partial charge in [-0.1, -0.05) is 13.8 Å². The normalized spacial score (nSPS) is 11.3. The summed E-state index contributed by atoms with van der Waals surface area (Å²) in [5.74, 6) is 0. The Kier molecular flexibility index (Phi) is 3.27. The van der Waals surface area contributed by atoms with E-state index in [-0.39, 0.29) is 5.69 Å². The van der Waals surface area contributed by atoms with Crippen molar-refractivity contribution in [3.05, 3.63) is 24.3 Å². The maximum atomic E-state index is 12.0. The topological polar surface area (TPSA) is 29.4 Å². The Morgan fingerprint density at radius 2 is 2.15 bits per heavy atom. The molecule has 0 radical (unpaired) electrons. The molecule has 0 saturated heterocycles. The molecule has 0 aliphatic heterocycles. The highest BCUT2D eigenvalue weighted by atomic mass is 32.3. The van der Waals surface area contributed by atoms with Gasteiger partial charge in [-0.15, -0.1) is 16.1 Å². The number of halogens is 2. The molecule has 0 saturated carbocycles. The van der Waals surface area contributed by atoms with E-state index in [0.717, 1.165) is 4.90 Å². The van der Waals surface area contributed by atoms with Crippen LogP contribution in [0.4, 0.5) is 13.5 Å². The van der Waals surface area contributed by atoms with E-state index in [1.54, 1.807) is 12.1 Å². The summed E-state index contributed by atoms with van der Waals surface area (Å²) in [4.78, 5) is 0.810. The largest absolute Gasteiger partial charge is 0.371 e. The van der Waals surface area contributed by atoms with E-state index in [9.17, 15) is 12.0 Å². The van der Waals surface area contributed by atoms with Gasteiger partial charge >= 0.3 is 10.5 Å². The van der Waals surface area contributed by atoms with E-state index in [0.29, 0.717) is 0 Å². The van der Waals surface area contributed by atoms with Crippen LogP contribution in [0.3, 0.4) is 0 Å². The molecule has 0 spiro atoms. The van der Waals surface area contributed by atoms with Crippen molar-refractivity contribution in [2.45, 2.75) is 4.90 Å². The van der Waals surface area contributed by atoms with Gasteiger partial charge in [0, 0.05) is 4.90 Å². The van der Waals surface area contributed by atoms with Gasteiger partial charge in [-0.05, 0) is 24.5 Å². The molecular formula is C7H7F2NOS2. The van der Waals surface area contributed by atoms with Crippen molar-refractivity contribution in [3.63, 3.8) is 0 Å². The summed E-state index contributed by atoms with van der Waals surface area (Å²) in [5.41, 5.74) is 0.0434. The van der Waals surface area contributed by atoms with E-state index in [1.807, 2.05) is 6.26 Å². The Bertz CT molecular complexity index is 405. The lowest BCUT2D eigenvalue weighted by Gasteiger charge is -1.96. The highest BCUT2D eigenvalue weighted by Gasteiger charge is 2.01. The van der Waals surface area contributed by atoms with Crippen LogP contribution >= 0.6 is 11.8 Å². The Balaban J connectivity index is 3.11. The van der Waals surface area contributed by atoms with Gasteiger partial charge in [0.1, 0.15) is 0 Å². The minimum Gasteiger partial charge on any atom is -0.180 e. The molecule has 1 aromatic carbocycles. The van der Waals surface area contributed by atoms with Gasteiger partial charge in [0.2, 0.25) is 0 Å². The fourth-order valence-electron chi connectivity index (χ4n) is 0.790. The van der Waals surface area contributed by atoms with Crippen molar-refractivity contribution in [1.29, 1.82) is 0 Å². The van der Waals surface area contributed by atoms with Crippen molar-refractivity contribution in [3.8, 4) is 0 Å². The summed E-state index contributed by atoms with van der Waals surface area (Å²) in [7, 11) is -5.04. The smallest absolute Gasteiger partial charge is 0.180 e. The average molecular weight is 223 g/mol. The monoisotopic (exact) mass is 223 g/mol. The molecule has 0 aliphatic carbocycles. The molecule has 0 amide bonds. The highest BCUT2D eigenvalue weighted by molar-refractivity contribution is 7.98. The molecule has 0 unspecified atom stereocenters. The lowest BCUT2D eigenvalue weighted by atomic mass is 10.3. The average Bonchev–Trinajstić information content (AvgIpc) is 2.01. The van der Waals surface area contributed by atoms with E-state index < -0.39 is 10.5 Å². The molecule has 2 nitrogen and oxygen atoms in total. The summed E-state index contributed by atoms with van der Waals surface area (Å²) in [6.45, 7) is 0. The fraction of sp³-hybridized carbons (Fsp3) is 0.143. The molecule has 1 rings (SSSR count). The van der Waals surface area contributed by atoms with Gasteiger partial charge in [-0.25, -0.2) is 0 Å². The summed E-state index contributed by atoms with van der Waals surface area (Å²) >= 11 is 1.41. The van der Waals surface area contributed by atoms with Crippen LogP contribution in [0.25, 0.3) is 0 Å². The lowest BCUT2D eigenvalue weighted by Crippen LogP contribution is -1.76. The molecule has 0 heterocycles. The Hall–Kier alpha value is -0.620. The van der Waals surface area contributed by atoms with Crippen LogP contribution in [0.5, 0.6) is 0 Å². The number of hydrogen-bond acceptors (Lipinski definition) is 3. The molecular weight excluding hydrogens is 216 g/mol. The first-order chi connectivity index (χ1) is 6.01. The van der Waals surface area contributed by atoms with Crippen molar-refractivity contribution in [2.24, 2.45) is 4.36 Å². The molecule has 0 aromatic heterocycles. The second-order valence-electron chi connectivity index (χ2n) is 2.19. The van der Waals surface area contributed by atoms with Crippen molar-refractivity contribution < 1.29 is 12.0 Å². The fourth-order valence-corrected chi connectivity index (χ4v) is 1.60. The number of nitrogens with zero attached hydrogens (tertiary/aromatic N) is 1. The van der Waals surface area contributed by atoms with Crippen molar-refractivity contribution in [2.75, 3.05) is 6.26 Å². The first-order valence-corrected chi connectivity index (χ1v) is 5.86. The zero-order chi connectivity index (χ0) is 9.90. The summed E-state index contributed by atoms with van der Waals surface area (Å²) < 4.78 is 36.8. The zero-order valence-electron chi connectivity index (χ0n) is 6.74. The predicted octanol–water partition coefficient (Wildman–Crippen LogP) is 3.28. The standard InChI is InChI=1S/C7H7F2NOS2/c1-12-7-4-2-3-6(5-7)10-13(8,9)11/h2-5H,1H3. The summed E-state index contributed by atoms with van der Waals surface area (Å²) in [6.07, 6.45) is 1.82. The van der Waals surface area contributed by atoms with Crippen LogP contribution in [-0.2, 0) is 10.5 Å². The molecule has 0 aliphatic rings. The van der Waals surface area contributed by atoms with Crippen molar-refractivity contribution in [1.82, 2.24) is 0 Å². The van der Waals surface area contributed by atoms with Crippen LogP contribution in [0.15, 0.2) is 33.5 Å². The quantitative estimate of drug-likeness (QED) is 0.568. The van der Waals surface area contributed by atoms with Crippen LogP contribution in [0.1, 0.15) is 0 Å². The molecule has 6 heteroatoms. The van der Waals surface area contributed by atoms with Gasteiger partial charge in [-0.3, -0.25) is 0 Å². The lowest BCUT2D eigenvalue weighted by molar-refractivity contribution is 0.588. The number of benzene rings is 1.